The Kier molecular flexibility index (Phi) is 10.7. The van der Waals surface area contributed by atoms with Crippen LogP contribution in [-0.2, 0) is 9.53 Å². The van der Waals surface area contributed by atoms with E-state index in [1.165, 1.54) is 7.11 Å². The molecule has 0 aromatic rings. The third-order valence-electron chi connectivity index (χ3n) is 2.81. The minimum Gasteiger partial charge on any atom is -0.468 e. The molecule has 0 spiro atoms. The van der Waals surface area contributed by atoms with Gasteiger partial charge in [-0.1, -0.05) is 13.8 Å². The number of ether oxygens (including phenoxy) is 1. The smallest absolute Gasteiger partial charge is 0.322 e. The van der Waals surface area contributed by atoms with Crippen LogP contribution in [0.25, 0.3) is 0 Å². The van der Waals surface area contributed by atoms with Gasteiger partial charge in [0.15, 0.2) is 0 Å². The van der Waals surface area contributed by atoms with Gasteiger partial charge in [-0.25, -0.2) is 0 Å². The van der Waals surface area contributed by atoms with Gasteiger partial charge in [0.05, 0.1) is 7.11 Å². The van der Waals surface area contributed by atoms with Crippen molar-refractivity contribution < 1.29 is 9.53 Å². The van der Waals surface area contributed by atoms with Crippen LogP contribution >= 0.6 is 11.8 Å². The first-order valence-electron chi connectivity index (χ1n) is 6.22. The van der Waals surface area contributed by atoms with Crippen molar-refractivity contribution in [3.05, 3.63) is 0 Å². The Hall–Kier alpha value is -0.260. The van der Waals surface area contributed by atoms with Crippen molar-refractivity contribution in [1.29, 1.82) is 0 Å². The molecule has 0 bridgehead atoms. The zero-order chi connectivity index (χ0) is 13.1. The normalized spacial score (nSPS) is 12.8. The van der Waals surface area contributed by atoms with E-state index in [4.69, 9.17) is 4.74 Å². The second-order valence-electron chi connectivity index (χ2n) is 3.84. The van der Waals surface area contributed by atoms with Crippen LogP contribution in [0.4, 0.5) is 0 Å². The molecule has 0 aromatic heterocycles. The quantitative estimate of drug-likeness (QED) is 0.599. The second kappa shape index (κ2) is 10.9. The number of nitrogens with one attached hydrogen (secondary N) is 1. The number of methoxy groups -OCH3 is 1. The highest BCUT2D eigenvalue weighted by Gasteiger charge is 2.17. The molecule has 0 saturated carbocycles. The van der Waals surface area contributed by atoms with Crippen molar-refractivity contribution in [3.63, 3.8) is 0 Å². The van der Waals surface area contributed by atoms with Crippen LogP contribution in [0.2, 0.25) is 0 Å². The molecule has 0 aromatic carbocycles. The van der Waals surface area contributed by atoms with Crippen molar-refractivity contribution in [2.75, 3.05) is 45.3 Å². The molecule has 102 valence electrons. The molecule has 0 aliphatic heterocycles. The Morgan fingerprint density at radius 3 is 2.53 bits per heavy atom. The van der Waals surface area contributed by atoms with Gasteiger partial charge in [0.2, 0.25) is 0 Å². The van der Waals surface area contributed by atoms with E-state index in [-0.39, 0.29) is 12.0 Å². The molecule has 0 radical (unpaired) electrons. The van der Waals surface area contributed by atoms with Crippen molar-refractivity contribution >= 4 is 17.7 Å². The Balaban J connectivity index is 3.94. The number of likely N-dealkylation sites (N-methyl/N-ethyl adjacent to an activating group) is 1. The van der Waals surface area contributed by atoms with Crippen molar-refractivity contribution in [1.82, 2.24) is 10.2 Å². The van der Waals surface area contributed by atoms with Gasteiger partial charge in [-0.15, -0.1) is 0 Å². The van der Waals surface area contributed by atoms with Crippen LogP contribution in [0.5, 0.6) is 0 Å². The molecule has 0 rings (SSSR count). The van der Waals surface area contributed by atoms with Crippen LogP contribution in [0.15, 0.2) is 0 Å². The maximum Gasteiger partial charge on any atom is 0.322 e. The zero-order valence-corrected chi connectivity index (χ0v) is 12.3. The molecule has 1 atom stereocenters. The number of hydrogen-bond donors (Lipinski definition) is 1. The zero-order valence-electron chi connectivity index (χ0n) is 11.5. The third kappa shape index (κ3) is 7.63. The first kappa shape index (κ1) is 16.7. The second-order valence-corrected chi connectivity index (χ2v) is 4.82. The van der Waals surface area contributed by atoms with E-state index in [2.05, 4.69) is 24.1 Å². The van der Waals surface area contributed by atoms with E-state index in [0.717, 1.165) is 38.4 Å². The van der Waals surface area contributed by atoms with Crippen LogP contribution in [0.3, 0.4) is 0 Å². The average Bonchev–Trinajstić information content (AvgIpc) is 2.37. The molecule has 1 unspecified atom stereocenters. The fourth-order valence-corrected chi connectivity index (χ4v) is 2.09. The number of carbonyl (C=O) groups is 1. The Morgan fingerprint density at radius 2 is 2.06 bits per heavy atom. The summed E-state index contributed by atoms with van der Waals surface area (Å²) >= 11 is 1.75. The summed E-state index contributed by atoms with van der Waals surface area (Å²) in [6, 6.07) is -0.164. The van der Waals surface area contributed by atoms with Crippen LogP contribution in [0, 0.1) is 0 Å². The molecule has 4 nitrogen and oxygen atoms in total. The molecular weight excluding hydrogens is 236 g/mol. The molecule has 0 heterocycles. The number of rotatable bonds is 10. The number of esters is 1. The van der Waals surface area contributed by atoms with Crippen molar-refractivity contribution in [2.45, 2.75) is 26.3 Å². The summed E-state index contributed by atoms with van der Waals surface area (Å²) in [7, 11) is 1.44. The standard InChI is InChI=1S/C12H26N2O2S/c1-5-14(6-2)9-8-13-11(7-10-17-4)12(15)16-3/h11,13H,5-10H2,1-4H3. The largest absolute Gasteiger partial charge is 0.468 e. The fourth-order valence-electron chi connectivity index (χ4n) is 1.62. The minimum absolute atomic E-state index is 0.154. The highest BCUT2D eigenvalue weighted by atomic mass is 32.2. The lowest BCUT2D eigenvalue weighted by atomic mass is 10.2. The van der Waals surface area contributed by atoms with Gasteiger partial charge >= 0.3 is 5.97 Å². The Morgan fingerprint density at radius 1 is 1.41 bits per heavy atom. The van der Waals surface area contributed by atoms with E-state index in [0.29, 0.717) is 0 Å². The van der Waals surface area contributed by atoms with E-state index in [1.807, 2.05) is 6.26 Å². The molecule has 17 heavy (non-hydrogen) atoms. The predicted octanol–water partition coefficient (Wildman–Crippen LogP) is 1.21. The molecule has 0 fully saturated rings. The first-order chi connectivity index (χ1) is 8.19. The van der Waals surface area contributed by atoms with E-state index < -0.39 is 0 Å². The summed E-state index contributed by atoms with van der Waals surface area (Å²) < 4.78 is 4.80. The molecule has 0 aliphatic rings. The fraction of sp³-hybridized carbons (Fsp3) is 0.917. The van der Waals surface area contributed by atoms with Crippen LogP contribution in [-0.4, -0.2) is 62.2 Å². The molecule has 1 N–H and O–H groups in total. The van der Waals surface area contributed by atoms with Crippen molar-refractivity contribution in [2.24, 2.45) is 0 Å². The van der Waals surface area contributed by atoms with Gasteiger partial charge in [-0.05, 0) is 31.5 Å². The Bertz CT molecular complexity index is 199. The minimum atomic E-state index is -0.164. The van der Waals surface area contributed by atoms with E-state index >= 15 is 0 Å². The maximum atomic E-state index is 11.5. The lowest BCUT2D eigenvalue weighted by molar-refractivity contribution is -0.143. The average molecular weight is 262 g/mol. The van der Waals surface area contributed by atoms with Crippen LogP contribution < -0.4 is 5.32 Å². The van der Waals surface area contributed by atoms with Gasteiger partial charge < -0.3 is 15.0 Å². The van der Waals surface area contributed by atoms with Crippen LogP contribution in [0.1, 0.15) is 20.3 Å². The number of nitrogens with zero attached hydrogens (tertiary/aromatic N) is 1. The maximum absolute atomic E-state index is 11.5. The molecule has 5 heteroatoms. The molecular formula is C12H26N2O2S. The summed E-state index contributed by atoms with van der Waals surface area (Å²) in [6.07, 6.45) is 2.87. The summed E-state index contributed by atoms with van der Waals surface area (Å²) in [5.41, 5.74) is 0. The first-order valence-corrected chi connectivity index (χ1v) is 7.61. The van der Waals surface area contributed by atoms with Gasteiger partial charge in [-0.3, -0.25) is 4.79 Å². The van der Waals surface area contributed by atoms with E-state index in [1.54, 1.807) is 11.8 Å². The lowest BCUT2D eigenvalue weighted by Crippen LogP contribution is -2.42. The van der Waals surface area contributed by atoms with E-state index in [9.17, 15) is 4.79 Å². The van der Waals surface area contributed by atoms with Crippen molar-refractivity contribution in [3.8, 4) is 0 Å². The number of thioether (sulfide) groups is 1. The summed E-state index contributed by atoms with van der Waals surface area (Å²) in [4.78, 5) is 13.9. The summed E-state index contributed by atoms with van der Waals surface area (Å²) in [6.45, 7) is 8.19. The third-order valence-corrected chi connectivity index (χ3v) is 3.45. The van der Waals surface area contributed by atoms with Gasteiger partial charge in [0, 0.05) is 13.1 Å². The molecule has 0 aliphatic carbocycles. The highest BCUT2D eigenvalue weighted by Crippen LogP contribution is 2.02. The monoisotopic (exact) mass is 262 g/mol. The molecule has 0 saturated heterocycles. The highest BCUT2D eigenvalue weighted by molar-refractivity contribution is 7.98. The van der Waals surface area contributed by atoms with Gasteiger partial charge in [-0.2, -0.15) is 11.8 Å². The number of carbonyl (C=O) groups excluding carboxylic acids is 1. The topological polar surface area (TPSA) is 41.6 Å². The molecule has 0 amide bonds. The van der Waals surface area contributed by atoms with Gasteiger partial charge in [0.25, 0.3) is 0 Å². The Labute approximate surface area is 109 Å². The van der Waals surface area contributed by atoms with Gasteiger partial charge in [0.1, 0.15) is 6.04 Å². The predicted molar refractivity (Wildman–Crippen MR) is 74.6 cm³/mol. The number of hydrogen-bond acceptors (Lipinski definition) is 5. The summed E-state index contributed by atoms with van der Waals surface area (Å²) in [5, 5.41) is 3.27. The summed E-state index contributed by atoms with van der Waals surface area (Å²) in [5.74, 6) is 0.816. The lowest BCUT2D eigenvalue weighted by Gasteiger charge is -2.21. The SMILES string of the molecule is CCN(CC)CCNC(CCSC)C(=O)OC.